The minimum Gasteiger partial charge on any atom is -1.00 e. The predicted molar refractivity (Wildman–Crippen MR) is 58.7 cm³/mol. The van der Waals surface area contributed by atoms with E-state index in [0.29, 0.717) is 19.5 Å². The van der Waals surface area contributed by atoms with Gasteiger partial charge in [-0.3, -0.25) is 4.79 Å². The number of tetrazole rings is 1. The SMILES string of the molecule is O=C(CCCn1cnnn1)C[n+]1ccccc1.[Br-]. The Bertz CT molecular complexity index is 460. The Kier molecular flexibility index (Phi) is 6.13. The molecule has 0 amide bonds. The molecule has 96 valence electrons. The summed E-state index contributed by atoms with van der Waals surface area (Å²) in [6.07, 6.45) is 6.63. The largest absolute Gasteiger partial charge is 1.00 e. The van der Waals surface area contributed by atoms with Crippen LogP contribution in [0.5, 0.6) is 0 Å². The van der Waals surface area contributed by atoms with Crippen molar-refractivity contribution in [3.63, 3.8) is 0 Å². The van der Waals surface area contributed by atoms with E-state index in [9.17, 15) is 4.79 Å². The number of halogens is 1. The Hall–Kier alpha value is -1.63. The van der Waals surface area contributed by atoms with E-state index in [2.05, 4.69) is 15.5 Å². The van der Waals surface area contributed by atoms with Crippen LogP contribution >= 0.6 is 0 Å². The second-order valence-electron chi connectivity index (χ2n) is 3.76. The lowest BCUT2D eigenvalue weighted by Gasteiger charge is -1.98. The minimum absolute atomic E-state index is 0. The van der Waals surface area contributed by atoms with Gasteiger partial charge in [-0.2, -0.15) is 4.57 Å². The molecule has 0 radical (unpaired) electrons. The van der Waals surface area contributed by atoms with E-state index in [1.165, 1.54) is 0 Å². The zero-order valence-corrected chi connectivity index (χ0v) is 11.4. The molecule has 0 atom stereocenters. The van der Waals surface area contributed by atoms with Gasteiger partial charge in [0.1, 0.15) is 6.33 Å². The van der Waals surface area contributed by atoms with Gasteiger partial charge in [0.25, 0.3) is 0 Å². The van der Waals surface area contributed by atoms with Crippen molar-refractivity contribution in [2.75, 3.05) is 0 Å². The second kappa shape index (κ2) is 7.65. The topological polar surface area (TPSA) is 64.5 Å². The highest BCUT2D eigenvalue weighted by molar-refractivity contribution is 5.76. The Labute approximate surface area is 115 Å². The van der Waals surface area contributed by atoms with Crippen LogP contribution in [0.2, 0.25) is 0 Å². The number of carbonyl (C=O) groups excluding carboxylic acids is 1. The summed E-state index contributed by atoms with van der Waals surface area (Å²) < 4.78 is 3.50. The molecule has 0 aliphatic heterocycles. The van der Waals surface area contributed by atoms with Crippen molar-refractivity contribution in [3.8, 4) is 0 Å². The number of Topliss-reactive ketones (excluding diaryl/α,β-unsaturated/α-hetero) is 1. The first-order chi connectivity index (χ1) is 8.34. The molecule has 2 aromatic heterocycles. The van der Waals surface area contributed by atoms with Crippen molar-refractivity contribution in [2.24, 2.45) is 0 Å². The fourth-order valence-corrected chi connectivity index (χ4v) is 1.54. The van der Waals surface area contributed by atoms with E-state index in [-0.39, 0.29) is 22.8 Å². The molecule has 0 aliphatic carbocycles. The number of hydrogen-bond acceptors (Lipinski definition) is 4. The van der Waals surface area contributed by atoms with Crippen molar-refractivity contribution < 1.29 is 26.3 Å². The lowest BCUT2D eigenvalue weighted by atomic mass is 10.2. The second-order valence-corrected chi connectivity index (χ2v) is 3.76. The number of nitrogens with zero attached hydrogens (tertiary/aromatic N) is 5. The van der Waals surface area contributed by atoms with Crippen molar-refractivity contribution in [1.29, 1.82) is 0 Å². The van der Waals surface area contributed by atoms with Crippen molar-refractivity contribution in [2.45, 2.75) is 25.9 Å². The van der Waals surface area contributed by atoms with Crippen LogP contribution < -0.4 is 21.5 Å². The summed E-state index contributed by atoms with van der Waals surface area (Å²) >= 11 is 0. The van der Waals surface area contributed by atoms with Gasteiger partial charge in [0, 0.05) is 25.1 Å². The number of pyridine rings is 1. The first-order valence-electron chi connectivity index (χ1n) is 5.51. The Morgan fingerprint density at radius 1 is 1.22 bits per heavy atom. The van der Waals surface area contributed by atoms with Gasteiger partial charge < -0.3 is 17.0 Å². The van der Waals surface area contributed by atoms with E-state index in [1.54, 1.807) is 11.0 Å². The summed E-state index contributed by atoms with van der Waals surface area (Å²) in [5.74, 6) is 0.217. The molecule has 7 heteroatoms. The Morgan fingerprint density at radius 2 is 2.00 bits per heavy atom. The average Bonchev–Trinajstić information content (AvgIpc) is 2.83. The molecule has 0 saturated heterocycles. The van der Waals surface area contributed by atoms with E-state index in [0.717, 1.165) is 6.42 Å². The van der Waals surface area contributed by atoms with Crippen LogP contribution in [0.3, 0.4) is 0 Å². The van der Waals surface area contributed by atoms with Crippen LogP contribution in [-0.2, 0) is 17.9 Å². The fourth-order valence-electron chi connectivity index (χ4n) is 1.54. The van der Waals surface area contributed by atoms with Gasteiger partial charge in [-0.15, -0.1) is 5.10 Å². The highest BCUT2D eigenvalue weighted by Gasteiger charge is 2.08. The third kappa shape index (κ3) is 4.70. The summed E-state index contributed by atoms with van der Waals surface area (Å²) in [5.41, 5.74) is 0. The molecule has 0 spiro atoms. The van der Waals surface area contributed by atoms with Gasteiger partial charge in [-0.25, -0.2) is 4.68 Å². The zero-order valence-electron chi connectivity index (χ0n) is 9.81. The molecular formula is C11H14BrN5O. The minimum atomic E-state index is 0. The van der Waals surface area contributed by atoms with Gasteiger partial charge in [0.2, 0.25) is 6.54 Å². The lowest BCUT2D eigenvalue weighted by molar-refractivity contribution is -0.684. The highest BCUT2D eigenvalue weighted by atomic mass is 79.9. The molecule has 0 fully saturated rings. The van der Waals surface area contributed by atoms with Crippen LogP contribution in [0.25, 0.3) is 0 Å². The smallest absolute Gasteiger partial charge is 0.206 e. The Balaban J connectivity index is 0.00000162. The molecular weight excluding hydrogens is 298 g/mol. The molecule has 6 nitrogen and oxygen atoms in total. The number of aromatic nitrogens is 5. The van der Waals surface area contributed by atoms with E-state index >= 15 is 0 Å². The molecule has 18 heavy (non-hydrogen) atoms. The standard InChI is InChI=1S/C11H14N5O.BrH/c17-11(9-15-6-2-1-3-7-15)5-4-8-16-10-12-13-14-16;/h1-3,6-7,10H,4-5,8-9H2;1H/q+1;/p-1. The maximum atomic E-state index is 11.7. The highest BCUT2D eigenvalue weighted by Crippen LogP contribution is 1.94. The van der Waals surface area contributed by atoms with Gasteiger partial charge >= 0.3 is 0 Å². The molecule has 2 rings (SSSR count). The molecule has 0 aliphatic rings. The molecule has 2 heterocycles. The number of hydrogen-bond donors (Lipinski definition) is 0. The molecule has 0 bridgehead atoms. The molecule has 0 N–H and O–H groups in total. The average molecular weight is 312 g/mol. The summed E-state index contributed by atoms with van der Waals surface area (Å²) in [4.78, 5) is 11.7. The van der Waals surface area contributed by atoms with Gasteiger partial charge in [-0.1, -0.05) is 6.07 Å². The van der Waals surface area contributed by atoms with Crippen molar-refractivity contribution in [1.82, 2.24) is 20.2 Å². The number of carbonyl (C=O) groups is 1. The van der Waals surface area contributed by atoms with Crippen LogP contribution in [0.15, 0.2) is 36.9 Å². The van der Waals surface area contributed by atoms with Crippen LogP contribution in [0.1, 0.15) is 12.8 Å². The number of rotatable bonds is 6. The third-order valence-electron chi connectivity index (χ3n) is 2.37. The molecule has 0 aromatic carbocycles. The van der Waals surface area contributed by atoms with Crippen molar-refractivity contribution >= 4 is 5.78 Å². The summed E-state index contributed by atoms with van der Waals surface area (Å²) in [5, 5.41) is 10.8. The fraction of sp³-hybridized carbons (Fsp3) is 0.364. The van der Waals surface area contributed by atoms with E-state index in [1.807, 2.05) is 35.2 Å². The Morgan fingerprint density at radius 3 is 2.67 bits per heavy atom. The number of ketones is 1. The van der Waals surface area contributed by atoms with Crippen LogP contribution in [-0.4, -0.2) is 26.0 Å². The van der Waals surface area contributed by atoms with E-state index < -0.39 is 0 Å². The van der Waals surface area contributed by atoms with Crippen molar-refractivity contribution in [3.05, 3.63) is 36.9 Å². The van der Waals surface area contributed by atoms with Crippen LogP contribution in [0, 0.1) is 0 Å². The monoisotopic (exact) mass is 311 g/mol. The van der Waals surface area contributed by atoms with E-state index in [4.69, 9.17) is 0 Å². The zero-order chi connectivity index (χ0) is 11.9. The quantitative estimate of drug-likeness (QED) is 0.534. The first-order valence-corrected chi connectivity index (χ1v) is 5.51. The molecule has 0 saturated carbocycles. The molecule has 2 aromatic rings. The number of aryl methyl sites for hydroxylation is 1. The lowest BCUT2D eigenvalue weighted by Crippen LogP contribution is -3.00. The van der Waals surface area contributed by atoms with Gasteiger partial charge in [0.15, 0.2) is 18.2 Å². The van der Waals surface area contributed by atoms with Gasteiger partial charge in [-0.05, 0) is 16.8 Å². The maximum absolute atomic E-state index is 11.7. The van der Waals surface area contributed by atoms with Crippen LogP contribution in [0.4, 0.5) is 0 Å². The predicted octanol–water partition coefficient (Wildman–Crippen LogP) is -2.99. The first kappa shape index (κ1) is 14.4. The summed E-state index contributed by atoms with van der Waals surface area (Å²) in [7, 11) is 0. The normalized spacial score (nSPS) is 9.78. The molecule has 0 unspecified atom stereocenters. The maximum Gasteiger partial charge on any atom is 0.206 e. The third-order valence-corrected chi connectivity index (χ3v) is 2.37. The van der Waals surface area contributed by atoms with Gasteiger partial charge in [0.05, 0.1) is 0 Å². The summed E-state index contributed by atoms with van der Waals surface area (Å²) in [6.45, 7) is 1.11. The summed E-state index contributed by atoms with van der Waals surface area (Å²) in [6, 6.07) is 5.75.